The fourth-order valence-electron chi connectivity index (χ4n) is 1.52. The minimum atomic E-state index is -4.13. The zero-order valence-corrected chi connectivity index (χ0v) is 10.1. The standard InChI is InChI=1S/C11H19F3N2O2/c12-11(13,14)5-1-6-18-7-4-9(10(15)17)16-8-2-3-8/h8-9,16H,1-7H2,(H2,15,17). The number of halogens is 3. The van der Waals surface area contributed by atoms with E-state index in [-0.39, 0.29) is 19.6 Å². The van der Waals surface area contributed by atoms with E-state index >= 15 is 0 Å². The summed E-state index contributed by atoms with van der Waals surface area (Å²) in [5.41, 5.74) is 5.21. The number of primary amides is 1. The van der Waals surface area contributed by atoms with Gasteiger partial charge in [0.15, 0.2) is 0 Å². The van der Waals surface area contributed by atoms with E-state index in [0.717, 1.165) is 12.8 Å². The van der Waals surface area contributed by atoms with Crippen molar-refractivity contribution in [2.45, 2.75) is 50.4 Å². The zero-order chi connectivity index (χ0) is 13.6. The van der Waals surface area contributed by atoms with E-state index in [0.29, 0.717) is 12.5 Å². The Kier molecular flexibility index (Phi) is 5.87. The first kappa shape index (κ1) is 15.2. The van der Waals surface area contributed by atoms with E-state index in [1.165, 1.54) is 0 Å². The molecule has 1 aliphatic rings. The first-order valence-electron chi connectivity index (χ1n) is 6.08. The zero-order valence-electron chi connectivity index (χ0n) is 10.1. The molecule has 1 amide bonds. The van der Waals surface area contributed by atoms with E-state index < -0.39 is 24.5 Å². The fraction of sp³-hybridized carbons (Fsp3) is 0.909. The molecule has 0 aromatic rings. The van der Waals surface area contributed by atoms with Gasteiger partial charge in [-0.15, -0.1) is 0 Å². The van der Waals surface area contributed by atoms with Gasteiger partial charge < -0.3 is 15.8 Å². The molecule has 0 saturated heterocycles. The molecule has 1 unspecified atom stereocenters. The molecule has 7 heteroatoms. The molecule has 1 rings (SSSR count). The van der Waals surface area contributed by atoms with Crippen LogP contribution in [0.25, 0.3) is 0 Å². The summed E-state index contributed by atoms with van der Waals surface area (Å²) >= 11 is 0. The molecule has 0 aromatic heterocycles. The van der Waals surface area contributed by atoms with Crippen LogP contribution < -0.4 is 11.1 Å². The minimum absolute atomic E-state index is 0.0500. The quantitative estimate of drug-likeness (QED) is 0.620. The molecule has 0 aliphatic heterocycles. The molecule has 0 spiro atoms. The van der Waals surface area contributed by atoms with E-state index in [9.17, 15) is 18.0 Å². The van der Waals surface area contributed by atoms with E-state index in [4.69, 9.17) is 10.5 Å². The van der Waals surface area contributed by atoms with Crippen LogP contribution in [-0.4, -0.2) is 37.4 Å². The monoisotopic (exact) mass is 268 g/mol. The highest BCUT2D eigenvalue weighted by Gasteiger charge is 2.27. The second kappa shape index (κ2) is 6.94. The Morgan fingerprint density at radius 3 is 2.56 bits per heavy atom. The maximum Gasteiger partial charge on any atom is 0.389 e. The van der Waals surface area contributed by atoms with Crippen molar-refractivity contribution in [3.05, 3.63) is 0 Å². The topological polar surface area (TPSA) is 64.4 Å². The van der Waals surface area contributed by atoms with Crippen LogP contribution in [0.5, 0.6) is 0 Å². The average molecular weight is 268 g/mol. The van der Waals surface area contributed by atoms with Crippen LogP contribution in [0.4, 0.5) is 13.2 Å². The summed E-state index contributed by atoms with van der Waals surface area (Å²) in [5.74, 6) is -0.444. The largest absolute Gasteiger partial charge is 0.389 e. The van der Waals surface area contributed by atoms with Gasteiger partial charge in [-0.25, -0.2) is 0 Å². The van der Waals surface area contributed by atoms with Crippen molar-refractivity contribution in [1.29, 1.82) is 0 Å². The molecule has 1 fully saturated rings. The summed E-state index contributed by atoms with van der Waals surface area (Å²) in [6, 6.07) is -0.0900. The van der Waals surface area contributed by atoms with Gasteiger partial charge in [0.1, 0.15) is 0 Å². The number of hydrogen-bond acceptors (Lipinski definition) is 3. The first-order valence-corrected chi connectivity index (χ1v) is 6.08. The van der Waals surface area contributed by atoms with Crippen molar-refractivity contribution in [3.63, 3.8) is 0 Å². The molecule has 0 radical (unpaired) electrons. The summed E-state index contributed by atoms with van der Waals surface area (Å²) in [7, 11) is 0. The fourth-order valence-corrected chi connectivity index (χ4v) is 1.52. The lowest BCUT2D eigenvalue weighted by atomic mass is 10.2. The van der Waals surface area contributed by atoms with Crippen LogP contribution in [0.2, 0.25) is 0 Å². The number of carbonyl (C=O) groups excluding carboxylic acids is 1. The Morgan fingerprint density at radius 2 is 2.06 bits per heavy atom. The van der Waals surface area contributed by atoms with Gasteiger partial charge in [0.2, 0.25) is 5.91 Å². The third-order valence-corrected chi connectivity index (χ3v) is 2.66. The molecular weight excluding hydrogens is 249 g/mol. The summed E-state index contributed by atoms with van der Waals surface area (Å²) < 4.78 is 40.5. The van der Waals surface area contributed by atoms with Crippen LogP contribution in [0.1, 0.15) is 32.1 Å². The SMILES string of the molecule is NC(=O)C(CCOCCCC(F)(F)F)NC1CC1. The van der Waals surface area contributed by atoms with E-state index in [1.54, 1.807) is 0 Å². The Morgan fingerprint density at radius 1 is 1.39 bits per heavy atom. The van der Waals surface area contributed by atoms with E-state index in [1.807, 2.05) is 0 Å². The number of amides is 1. The molecule has 1 saturated carbocycles. The number of alkyl halides is 3. The average Bonchev–Trinajstić information content (AvgIpc) is 3.03. The van der Waals surface area contributed by atoms with Crippen LogP contribution in [0, 0.1) is 0 Å². The highest BCUT2D eigenvalue weighted by Crippen LogP contribution is 2.21. The van der Waals surface area contributed by atoms with Gasteiger partial charge in [-0.3, -0.25) is 4.79 Å². The maximum atomic E-state index is 11.8. The van der Waals surface area contributed by atoms with Gasteiger partial charge in [0, 0.05) is 25.7 Å². The van der Waals surface area contributed by atoms with Gasteiger partial charge in [-0.05, 0) is 25.7 Å². The van der Waals surface area contributed by atoms with Crippen molar-refractivity contribution in [1.82, 2.24) is 5.32 Å². The van der Waals surface area contributed by atoms with Gasteiger partial charge in [0.05, 0.1) is 6.04 Å². The predicted molar refractivity (Wildman–Crippen MR) is 59.9 cm³/mol. The molecule has 106 valence electrons. The Bertz CT molecular complexity index is 268. The number of hydrogen-bond donors (Lipinski definition) is 2. The molecule has 1 aliphatic carbocycles. The number of nitrogens with one attached hydrogen (secondary N) is 1. The Balaban J connectivity index is 2.02. The number of ether oxygens (including phenoxy) is 1. The van der Waals surface area contributed by atoms with Crippen molar-refractivity contribution in [2.24, 2.45) is 5.73 Å². The molecule has 0 aromatic carbocycles. The van der Waals surface area contributed by atoms with Crippen molar-refractivity contribution in [2.75, 3.05) is 13.2 Å². The molecule has 0 bridgehead atoms. The molecular formula is C11H19F3N2O2. The third kappa shape index (κ3) is 7.50. The highest BCUT2D eigenvalue weighted by atomic mass is 19.4. The third-order valence-electron chi connectivity index (χ3n) is 2.66. The first-order chi connectivity index (χ1) is 8.38. The van der Waals surface area contributed by atoms with Crippen molar-refractivity contribution < 1.29 is 22.7 Å². The second-order valence-corrected chi connectivity index (χ2v) is 4.52. The lowest BCUT2D eigenvalue weighted by Gasteiger charge is -2.15. The maximum absolute atomic E-state index is 11.8. The molecule has 4 nitrogen and oxygen atoms in total. The molecule has 18 heavy (non-hydrogen) atoms. The Labute approximate surface area is 104 Å². The summed E-state index contributed by atoms with van der Waals surface area (Å²) in [6.07, 6.45) is -2.55. The number of nitrogens with two attached hydrogens (primary N) is 1. The van der Waals surface area contributed by atoms with Gasteiger partial charge in [-0.2, -0.15) is 13.2 Å². The Hall–Kier alpha value is -0.820. The normalized spacial score (nSPS) is 17.7. The smallest absolute Gasteiger partial charge is 0.381 e. The highest BCUT2D eigenvalue weighted by molar-refractivity contribution is 5.79. The molecule has 3 N–H and O–H groups in total. The van der Waals surface area contributed by atoms with Gasteiger partial charge >= 0.3 is 6.18 Å². The lowest BCUT2D eigenvalue weighted by molar-refractivity contribution is -0.137. The van der Waals surface area contributed by atoms with Crippen LogP contribution >= 0.6 is 0 Å². The summed E-state index contributed by atoms with van der Waals surface area (Å²) in [6.45, 7) is 0.291. The van der Waals surface area contributed by atoms with Crippen LogP contribution in [0.3, 0.4) is 0 Å². The van der Waals surface area contributed by atoms with Crippen molar-refractivity contribution >= 4 is 5.91 Å². The van der Waals surface area contributed by atoms with Gasteiger partial charge in [-0.1, -0.05) is 0 Å². The molecule has 1 atom stereocenters. The van der Waals surface area contributed by atoms with Crippen molar-refractivity contribution in [3.8, 4) is 0 Å². The second-order valence-electron chi connectivity index (χ2n) is 4.52. The number of carbonyl (C=O) groups is 1. The van der Waals surface area contributed by atoms with Gasteiger partial charge in [0.25, 0.3) is 0 Å². The van der Waals surface area contributed by atoms with E-state index in [2.05, 4.69) is 5.32 Å². The summed E-state index contributed by atoms with van der Waals surface area (Å²) in [5, 5.41) is 3.07. The predicted octanol–water partition coefficient (Wildman–Crippen LogP) is 1.34. The van der Waals surface area contributed by atoms with Crippen LogP contribution in [0.15, 0.2) is 0 Å². The number of rotatable bonds is 9. The summed E-state index contributed by atoms with van der Waals surface area (Å²) in [4.78, 5) is 11.1. The minimum Gasteiger partial charge on any atom is -0.381 e. The lowest BCUT2D eigenvalue weighted by Crippen LogP contribution is -2.43. The van der Waals surface area contributed by atoms with Crippen LogP contribution in [-0.2, 0) is 9.53 Å². The molecule has 0 heterocycles.